The first kappa shape index (κ1) is 13.2. The lowest BCUT2D eigenvalue weighted by molar-refractivity contribution is 0.290. The molecule has 0 saturated heterocycles. The molecule has 3 N–H and O–H groups in total. The second-order valence-electron chi connectivity index (χ2n) is 4.33. The van der Waals surface area contributed by atoms with Gasteiger partial charge >= 0.3 is 0 Å². The molecule has 0 heterocycles. The van der Waals surface area contributed by atoms with Crippen LogP contribution >= 0.6 is 0 Å². The Hall–Kier alpha value is -0.900. The highest BCUT2D eigenvalue weighted by molar-refractivity contribution is 5.14. The second-order valence-corrected chi connectivity index (χ2v) is 4.33. The van der Waals surface area contributed by atoms with Crippen LogP contribution in [0.4, 0.5) is 0 Å². The van der Waals surface area contributed by atoms with Crippen molar-refractivity contribution in [2.24, 2.45) is 5.73 Å². The topological polar surface area (TPSA) is 41.3 Å². The Labute approximate surface area is 98.6 Å². The molecule has 0 aliphatic rings. The van der Waals surface area contributed by atoms with Crippen LogP contribution in [0.5, 0.6) is 0 Å². The van der Waals surface area contributed by atoms with Crippen LogP contribution in [0.25, 0.3) is 0 Å². The monoisotopic (exact) mass is 221 g/mol. The summed E-state index contributed by atoms with van der Waals surface area (Å²) in [5, 5.41) is 3.38. The number of hydrogen-bond acceptors (Lipinski definition) is 3. The largest absolute Gasteiger partial charge is 0.329 e. The van der Waals surface area contributed by atoms with E-state index in [1.54, 1.807) is 0 Å². The standard InChI is InChI=1S/C13H23N3/c1-12(15-9-8-14)10-16(2)11-13-6-4-3-5-7-13/h3-7,12,15H,8-11,14H2,1-2H3. The van der Waals surface area contributed by atoms with Crippen molar-refractivity contribution in [2.45, 2.75) is 19.5 Å². The van der Waals surface area contributed by atoms with Crippen LogP contribution in [-0.2, 0) is 6.54 Å². The van der Waals surface area contributed by atoms with E-state index < -0.39 is 0 Å². The predicted octanol–water partition coefficient (Wildman–Crippen LogP) is 1.06. The molecular weight excluding hydrogens is 198 g/mol. The summed E-state index contributed by atoms with van der Waals surface area (Å²) in [4.78, 5) is 2.32. The van der Waals surface area contributed by atoms with Crippen molar-refractivity contribution in [1.29, 1.82) is 0 Å². The van der Waals surface area contributed by atoms with Crippen LogP contribution in [0.1, 0.15) is 12.5 Å². The van der Waals surface area contributed by atoms with E-state index in [-0.39, 0.29) is 0 Å². The van der Waals surface area contributed by atoms with Crippen LogP contribution in [-0.4, -0.2) is 37.6 Å². The maximum atomic E-state index is 5.46. The van der Waals surface area contributed by atoms with Gasteiger partial charge in [0.2, 0.25) is 0 Å². The van der Waals surface area contributed by atoms with E-state index in [1.807, 2.05) is 0 Å². The molecule has 0 radical (unpaired) electrons. The minimum atomic E-state index is 0.484. The van der Waals surface area contributed by atoms with Crippen molar-refractivity contribution in [2.75, 3.05) is 26.7 Å². The molecule has 1 aromatic carbocycles. The van der Waals surface area contributed by atoms with Crippen LogP contribution in [0.3, 0.4) is 0 Å². The van der Waals surface area contributed by atoms with Gasteiger partial charge in [0.15, 0.2) is 0 Å². The number of hydrogen-bond donors (Lipinski definition) is 2. The fraction of sp³-hybridized carbons (Fsp3) is 0.538. The molecule has 0 aliphatic heterocycles. The van der Waals surface area contributed by atoms with Gasteiger partial charge < -0.3 is 16.0 Å². The zero-order valence-electron chi connectivity index (χ0n) is 10.3. The molecule has 90 valence electrons. The van der Waals surface area contributed by atoms with Crippen LogP contribution in [0.15, 0.2) is 30.3 Å². The van der Waals surface area contributed by atoms with Gasteiger partial charge in [0.25, 0.3) is 0 Å². The fourth-order valence-corrected chi connectivity index (χ4v) is 1.82. The first-order valence-corrected chi connectivity index (χ1v) is 5.88. The Bertz CT molecular complexity index is 274. The third kappa shape index (κ3) is 5.26. The molecule has 0 spiro atoms. The van der Waals surface area contributed by atoms with E-state index in [4.69, 9.17) is 5.73 Å². The summed E-state index contributed by atoms with van der Waals surface area (Å²) in [6, 6.07) is 11.0. The molecule has 0 fully saturated rings. The molecule has 1 rings (SSSR count). The minimum Gasteiger partial charge on any atom is -0.329 e. The van der Waals surface area contributed by atoms with Gasteiger partial charge in [-0.3, -0.25) is 0 Å². The Morgan fingerprint density at radius 1 is 1.31 bits per heavy atom. The summed E-state index contributed by atoms with van der Waals surface area (Å²) in [6.07, 6.45) is 0. The van der Waals surface area contributed by atoms with Crippen molar-refractivity contribution in [3.63, 3.8) is 0 Å². The molecule has 1 aromatic rings. The quantitative estimate of drug-likeness (QED) is 0.723. The molecule has 0 amide bonds. The van der Waals surface area contributed by atoms with Gasteiger partial charge in [-0.2, -0.15) is 0 Å². The van der Waals surface area contributed by atoms with E-state index in [9.17, 15) is 0 Å². The summed E-state index contributed by atoms with van der Waals surface area (Å²) < 4.78 is 0. The summed E-state index contributed by atoms with van der Waals surface area (Å²) in [5.41, 5.74) is 6.81. The van der Waals surface area contributed by atoms with Crippen LogP contribution in [0.2, 0.25) is 0 Å². The Balaban J connectivity index is 2.27. The molecule has 16 heavy (non-hydrogen) atoms. The van der Waals surface area contributed by atoms with Gasteiger partial charge in [-0.25, -0.2) is 0 Å². The number of nitrogens with zero attached hydrogens (tertiary/aromatic N) is 1. The summed E-state index contributed by atoms with van der Waals surface area (Å²) >= 11 is 0. The molecule has 1 unspecified atom stereocenters. The van der Waals surface area contributed by atoms with Gasteiger partial charge in [-0.05, 0) is 19.5 Å². The van der Waals surface area contributed by atoms with Crippen molar-refractivity contribution < 1.29 is 0 Å². The Morgan fingerprint density at radius 3 is 2.62 bits per heavy atom. The molecule has 0 aromatic heterocycles. The van der Waals surface area contributed by atoms with Gasteiger partial charge in [-0.15, -0.1) is 0 Å². The number of likely N-dealkylation sites (N-methyl/N-ethyl adjacent to an activating group) is 1. The molecular formula is C13H23N3. The molecule has 1 atom stereocenters. The summed E-state index contributed by atoms with van der Waals surface area (Å²) in [5.74, 6) is 0. The van der Waals surface area contributed by atoms with Crippen molar-refractivity contribution >= 4 is 0 Å². The maximum Gasteiger partial charge on any atom is 0.0231 e. The van der Waals surface area contributed by atoms with E-state index in [0.717, 1.165) is 19.6 Å². The number of nitrogens with two attached hydrogens (primary N) is 1. The van der Waals surface area contributed by atoms with E-state index in [0.29, 0.717) is 12.6 Å². The van der Waals surface area contributed by atoms with E-state index in [1.165, 1.54) is 5.56 Å². The van der Waals surface area contributed by atoms with Gasteiger partial charge in [-0.1, -0.05) is 30.3 Å². The molecule has 0 bridgehead atoms. The first-order valence-electron chi connectivity index (χ1n) is 5.88. The lowest BCUT2D eigenvalue weighted by Crippen LogP contribution is -2.39. The molecule has 0 aliphatic carbocycles. The fourth-order valence-electron chi connectivity index (χ4n) is 1.82. The molecule has 3 nitrogen and oxygen atoms in total. The van der Waals surface area contributed by atoms with Crippen molar-refractivity contribution in [3.8, 4) is 0 Å². The maximum absolute atomic E-state index is 5.46. The van der Waals surface area contributed by atoms with E-state index >= 15 is 0 Å². The van der Waals surface area contributed by atoms with Gasteiger partial charge in [0.1, 0.15) is 0 Å². The average Bonchev–Trinajstić information content (AvgIpc) is 2.27. The first-order chi connectivity index (χ1) is 7.72. The average molecular weight is 221 g/mol. The lowest BCUT2D eigenvalue weighted by atomic mass is 10.2. The van der Waals surface area contributed by atoms with Crippen molar-refractivity contribution in [1.82, 2.24) is 10.2 Å². The number of nitrogens with one attached hydrogen (secondary N) is 1. The molecule has 0 saturated carbocycles. The highest BCUT2D eigenvalue weighted by Crippen LogP contribution is 2.02. The van der Waals surface area contributed by atoms with Gasteiger partial charge in [0.05, 0.1) is 0 Å². The summed E-state index contributed by atoms with van der Waals surface area (Å²) in [6.45, 7) is 5.81. The third-order valence-electron chi connectivity index (χ3n) is 2.52. The smallest absolute Gasteiger partial charge is 0.0231 e. The highest BCUT2D eigenvalue weighted by Gasteiger charge is 2.05. The van der Waals surface area contributed by atoms with Gasteiger partial charge in [0, 0.05) is 32.2 Å². The Morgan fingerprint density at radius 2 is 2.00 bits per heavy atom. The normalized spacial score (nSPS) is 13.0. The van der Waals surface area contributed by atoms with Crippen LogP contribution < -0.4 is 11.1 Å². The molecule has 3 heteroatoms. The zero-order chi connectivity index (χ0) is 11.8. The SMILES string of the molecule is CC(CN(C)Cc1ccccc1)NCCN. The van der Waals surface area contributed by atoms with Crippen molar-refractivity contribution in [3.05, 3.63) is 35.9 Å². The predicted molar refractivity (Wildman–Crippen MR) is 69.3 cm³/mol. The number of rotatable bonds is 7. The lowest BCUT2D eigenvalue weighted by Gasteiger charge is -2.22. The third-order valence-corrected chi connectivity index (χ3v) is 2.52. The zero-order valence-corrected chi connectivity index (χ0v) is 10.3. The summed E-state index contributed by atoms with van der Waals surface area (Å²) in [7, 11) is 2.15. The van der Waals surface area contributed by atoms with E-state index in [2.05, 4.69) is 54.5 Å². The minimum absolute atomic E-state index is 0.484. The Kier molecular flexibility index (Phi) is 6.08. The van der Waals surface area contributed by atoms with Crippen LogP contribution in [0, 0.1) is 0 Å². The number of benzene rings is 1. The second kappa shape index (κ2) is 7.39. The highest BCUT2D eigenvalue weighted by atomic mass is 15.1.